The van der Waals surface area contributed by atoms with E-state index in [4.69, 9.17) is 25.8 Å². The van der Waals surface area contributed by atoms with Crippen molar-refractivity contribution in [2.75, 3.05) is 0 Å². The van der Waals surface area contributed by atoms with Crippen molar-refractivity contribution < 1.29 is 23.8 Å². The first kappa shape index (κ1) is 23.6. The Labute approximate surface area is 193 Å². The SMILES string of the molecule is C=C1OC(C)(C)C(=O)C(c2cc(-c3ccc(Cl)cc3)ccc2CC)=C1OC(=O)OC(C)C. The Morgan fingerprint density at radius 3 is 2.34 bits per heavy atom. The lowest BCUT2D eigenvalue weighted by molar-refractivity contribution is -0.131. The molecule has 0 atom stereocenters. The van der Waals surface area contributed by atoms with Crippen LogP contribution in [0.25, 0.3) is 16.7 Å². The van der Waals surface area contributed by atoms with E-state index >= 15 is 0 Å². The second kappa shape index (κ2) is 9.21. The summed E-state index contributed by atoms with van der Waals surface area (Å²) in [5.41, 5.74) is 2.51. The maximum atomic E-state index is 13.5. The molecule has 3 rings (SSSR count). The van der Waals surface area contributed by atoms with Gasteiger partial charge in [0.25, 0.3) is 0 Å². The molecule has 5 nitrogen and oxygen atoms in total. The quantitative estimate of drug-likeness (QED) is 0.468. The van der Waals surface area contributed by atoms with Gasteiger partial charge in [-0.1, -0.05) is 49.4 Å². The summed E-state index contributed by atoms with van der Waals surface area (Å²) in [4.78, 5) is 25.8. The molecule has 2 aromatic rings. The van der Waals surface area contributed by atoms with Gasteiger partial charge in [0.05, 0.1) is 11.7 Å². The molecular formula is C26H27ClO5. The van der Waals surface area contributed by atoms with E-state index in [-0.39, 0.29) is 29.0 Å². The van der Waals surface area contributed by atoms with Crippen molar-refractivity contribution in [1.29, 1.82) is 0 Å². The van der Waals surface area contributed by atoms with Crippen molar-refractivity contribution in [1.82, 2.24) is 0 Å². The second-order valence-corrected chi connectivity index (χ2v) is 8.76. The highest BCUT2D eigenvalue weighted by Crippen LogP contribution is 2.40. The van der Waals surface area contributed by atoms with E-state index in [9.17, 15) is 9.59 Å². The largest absolute Gasteiger partial charge is 0.514 e. The maximum absolute atomic E-state index is 13.5. The minimum absolute atomic E-state index is 0.0251. The summed E-state index contributed by atoms with van der Waals surface area (Å²) in [5, 5.41) is 0.638. The zero-order valence-corrected chi connectivity index (χ0v) is 19.7. The molecule has 0 saturated heterocycles. The van der Waals surface area contributed by atoms with Crippen LogP contribution in [0.2, 0.25) is 5.02 Å². The molecule has 0 N–H and O–H groups in total. The number of aryl methyl sites for hydroxylation is 1. The first-order valence-corrected chi connectivity index (χ1v) is 10.9. The first-order valence-electron chi connectivity index (χ1n) is 10.5. The molecule has 0 amide bonds. The summed E-state index contributed by atoms with van der Waals surface area (Å²) in [6.45, 7) is 12.6. The number of ether oxygens (including phenoxy) is 3. The highest BCUT2D eigenvalue weighted by Gasteiger charge is 2.43. The van der Waals surface area contributed by atoms with Gasteiger partial charge in [0, 0.05) is 5.02 Å². The molecule has 0 saturated carbocycles. The molecule has 0 aromatic heterocycles. The fraction of sp³-hybridized carbons (Fsp3) is 0.308. The third-order valence-corrected chi connectivity index (χ3v) is 5.34. The van der Waals surface area contributed by atoms with Gasteiger partial charge in [-0.05, 0) is 74.6 Å². The lowest BCUT2D eigenvalue weighted by atomic mass is 9.84. The zero-order valence-electron chi connectivity index (χ0n) is 19.0. The molecule has 0 fully saturated rings. The molecule has 2 aromatic carbocycles. The van der Waals surface area contributed by atoms with Crippen LogP contribution in [0.1, 0.15) is 45.7 Å². The molecule has 0 spiro atoms. The molecule has 1 heterocycles. The van der Waals surface area contributed by atoms with Crippen LogP contribution in [0.4, 0.5) is 4.79 Å². The average Bonchev–Trinajstić information content (AvgIpc) is 2.71. The van der Waals surface area contributed by atoms with E-state index in [0.717, 1.165) is 16.7 Å². The first-order chi connectivity index (χ1) is 15.0. The van der Waals surface area contributed by atoms with Gasteiger partial charge in [-0.15, -0.1) is 0 Å². The molecular weight excluding hydrogens is 428 g/mol. The fourth-order valence-electron chi connectivity index (χ4n) is 3.54. The summed E-state index contributed by atoms with van der Waals surface area (Å²) < 4.78 is 16.3. The molecule has 6 heteroatoms. The molecule has 1 aliphatic heterocycles. The Bertz CT molecular complexity index is 1090. The molecule has 0 radical (unpaired) electrons. The third kappa shape index (κ3) is 4.89. The molecule has 0 bridgehead atoms. The molecule has 168 valence electrons. The van der Waals surface area contributed by atoms with Gasteiger partial charge in [-0.25, -0.2) is 4.79 Å². The minimum atomic E-state index is -1.16. The summed E-state index contributed by atoms with van der Waals surface area (Å²) >= 11 is 6.03. The Morgan fingerprint density at radius 2 is 1.75 bits per heavy atom. The molecule has 1 aliphatic rings. The van der Waals surface area contributed by atoms with Crippen LogP contribution < -0.4 is 0 Å². The van der Waals surface area contributed by atoms with Gasteiger partial charge in [0.15, 0.2) is 17.1 Å². The maximum Gasteiger partial charge on any atom is 0.514 e. The predicted octanol–water partition coefficient (Wildman–Crippen LogP) is 6.73. The van der Waals surface area contributed by atoms with Crippen molar-refractivity contribution in [3.63, 3.8) is 0 Å². The highest BCUT2D eigenvalue weighted by atomic mass is 35.5. The number of carbonyl (C=O) groups is 2. The van der Waals surface area contributed by atoms with Crippen molar-refractivity contribution >= 4 is 29.1 Å². The van der Waals surface area contributed by atoms with Crippen molar-refractivity contribution in [2.24, 2.45) is 0 Å². The fourth-order valence-corrected chi connectivity index (χ4v) is 3.66. The lowest BCUT2D eigenvalue weighted by Crippen LogP contribution is -2.40. The Kier molecular flexibility index (Phi) is 6.79. The zero-order chi connectivity index (χ0) is 23.6. The number of halogens is 1. The summed E-state index contributed by atoms with van der Waals surface area (Å²) in [7, 11) is 0. The van der Waals surface area contributed by atoms with Crippen LogP contribution in [-0.2, 0) is 25.4 Å². The van der Waals surface area contributed by atoms with E-state index in [0.29, 0.717) is 17.0 Å². The normalized spacial score (nSPS) is 15.6. The number of rotatable bonds is 5. The van der Waals surface area contributed by atoms with Gasteiger partial charge in [0.1, 0.15) is 0 Å². The number of hydrogen-bond donors (Lipinski definition) is 0. The van der Waals surface area contributed by atoms with Crippen LogP contribution in [0.3, 0.4) is 0 Å². The number of carbonyl (C=O) groups excluding carboxylic acids is 2. The lowest BCUT2D eigenvalue weighted by Gasteiger charge is -2.34. The number of ketones is 1. The third-order valence-electron chi connectivity index (χ3n) is 5.09. The Balaban J connectivity index is 2.22. The minimum Gasteiger partial charge on any atom is -0.476 e. The summed E-state index contributed by atoms with van der Waals surface area (Å²) in [5.74, 6) is -0.229. The van der Waals surface area contributed by atoms with Gasteiger partial charge < -0.3 is 14.2 Å². The molecule has 32 heavy (non-hydrogen) atoms. The standard InChI is InChI=1S/C26H27ClO5/c1-7-17-8-9-19(18-10-12-20(27)13-11-18)14-21(17)22-23(31-25(29)30-15(2)3)16(4)32-26(5,6)24(22)28/h8-15H,4,7H2,1-3,5-6H3. The molecule has 0 unspecified atom stereocenters. The number of hydrogen-bond acceptors (Lipinski definition) is 5. The van der Waals surface area contributed by atoms with Crippen LogP contribution in [-0.4, -0.2) is 23.6 Å². The van der Waals surface area contributed by atoms with Crippen LogP contribution >= 0.6 is 11.6 Å². The van der Waals surface area contributed by atoms with E-state index in [1.807, 2.05) is 49.4 Å². The smallest absolute Gasteiger partial charge is 0.476 e. The van der Waals surface area contributed by atoms with Crippen LogP contribution in [0.5, 0.6) is 0 Å². The van der Waals surface area contributed by atoms with E-state index in [1.54, 1.807) is 27.7 Å². The van der Waals surface area contributed by atoms with Crippen LogP contribution in [0, 0.1) is 0 Å². The van der Waals surface area contributed by atoms with Crippen molar-refractivity contribution in [3.05, 3.63) is 76.7 Å². The highest BCUT2D eigenvalue weighted by molar-refractivity contribution is 6.30. The van der Waals surface area contributed by atoms with E-state index in [1.165, 1.54) is 0 Å². The topological polar surface area (TPSA) is 61.8 Å². The average molecular weight is 455 g/mol. The Morgan fingerprint density at radius 1 is 1.12 bits per heavy atom. The predicted molar refractivity (Wildman–Crippen MR) is 125 cm³/mol. The van der Waals surface area contributed by atoms with Gasteiger partial charge >= 0.3 is 6.16 Å². The summed E-state index contributed by atoms with van der Waals surface area (Å²) in [6, 6.07) is 13.3. The number of benzene rings is 2. The van der Waals surface area contributed by atoms with Crippen molar-refractivity contribution in [2.45, 2.75) is 52.7 Å². The van der Waals surface area contributed by atoms with Crippen LogP contribution in [0.15, 0.2) is 60.6 Å². The second-order valence-electron chi connectivity index (χ2n) is 8.32. The number of Topliss-reactive ketones (excluding diaryl/α,β-unsaturated/α-hetero) is 1. The van der Waals surface area contributed by atoms with Gasteiger partial charge in [-0.3, -0.25) is 4.79 Å². The monoisotopic (exact) mass is 454 g/mol. The molecule has 0 aliphatic carbocycles. The van der Waals surface area contributed by atoms with Gasteiger partial charge in [0.2, 0.25) is 5.78 Å². The van der Waals surface area contributed by atoms with E-state index in [2.05, 4.69) is 6.58 Å². The summed E-state index contributed by atoms with van der Waals surface area (Å²) in [6.07, 6.45) is -0.627. The van der Waals surface area contributed by atoms with E-state index < -0.39 is 11.8 Å². The van der Waals surface area contributed by atoms with Gasteiger partial charge in [-0.2, -0.15) is 0 Å². The van der Waals surface area contributed by atoms with Crippen molar-refractivity contribution in [3.8, 4) is 11.1 Å². The Hall–Kier alpha value is -3.05.